The maximum Gasteiger partial charge on any atom is 0.227 e. The quantitative estimate of drug-likeness (QED) is 0.850. The highest BCUT2D eigenvalue weighted by Gasteiger charge is 2.27. The van der Waals surface area contributed by atoms with Crippen LogP contribution in [0.3, 0.4) is 0 Å². The summed E-state index contributed by atoms with van der Waals surface area (Å²) in [6.07, 6.45) is 2.28. The van der Waals surface area contributed by atoms with Crippen molar-refractivity contribution < 1.29 is 9.53 Å². The number of amides is 1. The fourth-order valence-electron chi connectivity index (χ4n) is 2.83. The van der Waals surface area contributed by atoms with Crippen molar-refractivity contribution >= 4 is 16.8 Å². The summed E-state index contributed by atoms with van der Waals surface area (Å²) >= 11 is 0. The van der Waals surface area contributed by atoms with Crippen LogP contribution in [0.25, 0.3) is 10.9 Å². The Bertz CT molecular complexity index is 651. The molecule has 1 fully saturated rings. The molecule has 110 valence electrons. The van der Waals surface area contributed by atoms with Crippen molar-refractivity contribution in [2.75, 3.05) is 13.2 Å². The molecule has 4 nitrogen and oxygen atoms in total. The van der Waals surface area contributed by atoms with Crippen LogP contribution in [0.5, 0.6) is 0 Å². The number of carbonyl (C=O) groups is 1. The van der Waals surface area contributed by atoms with Crippen molar-refractivity contribution in [3.8, 4) is 0 Å². The molecule has 1 amide bonds. The predicted octanol–water partition coefficient (Wildman–Crippen LogP) is 2.41. The van der Waals surface area contributed by atoms with Gasteiger partial charge < -0.3 is 9.64 Å². The highest BCUT2D eigenvalue weighted by molar-refractivity contribution is 5.87. The fourth-order valence-corrected chi connectivity index (χ4v) is 2.83. The van der Waals surface area contributed by atoms with Crippen LogP contribution in [0.15, 0.2) is 36.5 Å². The molecule has 1 aromatic carbocycles. The van der Waals surface area contributed by atoms with Crippen LogP contribution >= 0.6 is 0 Å². The lowest BCUT2D eigenvalue weighted by Gasteiger charge is -2.37. The molecule has 2 aromatic rings. The third-order valence-electron chi connectivity index (χ3n) is 3.99. The predicted molar refractivity (Wildman–Crippen MR) is 82.0 cm³/mol. The van der Waals surface area contributed by atoms with Crippen molar-refractivity contribution in [3.05, 3.63) is 42.1 Å². The Morgan fingerprint density at radius 1 is 1.33 bits per heavy atom. The first-order chi connectivity index (χ1) is 10.1. The normalized spacial score (nSPS) is 22.5. The van der Waals surface area contributed by atoms with E-state index in [-0.39, 0.29) is 18.1 Å². The van der Waals surface area contributed by atoms with E-state index in [1.165, 1.54) is 0 Å². The molecule has 0 N–H and O–H groups in total. The van der Waals surface area contributed by atoms with E-state index >= 15 is 0 Å². The smallest absolute Gasteiger partial charge is 0.227 e. The first kappa shape index (κ1) is 14.0. The van der Waals surface area contributed by atoms with Crippen molar-refractivity contribution in [2.45, 2.75) is 32.4 Å². The van der Waals surface area contributed by atoms with E-state index in [9.17, 15) is 4.79 Å². The van der Waals surface area contributed by atoms with E-state index < -0.39 is 0 Å². The van der Waals surface area contributed by atoms with Gasteiger partial charge in [0.05, 0.1) is 30.7 Å². The number of hydrogen-bond acceptors (Lipinski definition) is 3. The number of pyridine rings is 1. The Morgan fingerprint density at radius 3 is 3.00 bits per heavy atom. The maximum absolute atomic E-state index is 12.6. The number of benzene rings is 1. The van der Waals surface area contributed by atoms with Gasteiger partial charge >= 0.3 is 0 Å². The van der Waals surface area contributed by atoms with E-state index in [1.807, 2.05) is 49.1 Å². The summed E-state index contributed by atoms with van der Waals surface area (Å²) in [6.45, 7) is 5.32. The third-order valence-corrected chi connectivity index (χ3v) is 3.99. The molecule has 0 saturated carbocycles. The summed E-state index contributed by atoms with van der Waals surface area (Å²) in [4.78, 5) is 19.0. The summed E-state index contributed by atoms with van der Waals surface area (Å²) in [7, 11) is 0. The number of carbonyl (C=O) groups excluding carboxylic acids is 1. The van der Waals surface area contributed by atoms with Gasteiger partial charge in [0.15, 0.2) is 0 Å². The standard InChI is InChI=1S/C17H20N2O2/c1-12-11-21-13(2)10-19(12)16(20)9-15-6-3-5-14-7-4-8-18-17(14)15/h3-8,12-13H,9-11H2,1-2H3/t12-,13+/m0/s1. The molecule has 0 aliphatic carbocycles. The molecule has 1 saturated heterocycles. The SMILES string of the molecule is C[C@@H]1CN(C(=O)Cc2cccc3cccnc23)[C@@H](C)CO1. The van der Waals surface area contributed by atoms with Gasteiger partial charge in [-0.1, -0.05) is 24.3 Å². The second-order valence-corrected chi connectivity index (χ2v) is 5.71. The molecule has 3 rings (SSSR count). The zero-order valence-corrected chi connectivity index (χ0v) is 12.5. The lowest BCUT2D eigenvalue weighted by atomic mass is 10.1. The molecular formula is C17H20N2O2. The zero-order chi connectivity index (χ0) is 14.8. The molecule has 0 bridgehead atoms. The number of rotatable bonds is 2. The topological polar surface area (TPSA) is 42.4 Å². The van der Waals surface area contributed by atoms with E-state index in [4.69, 9.17) is 4.74 Å². The number of nitrogens with zero attached hydrogens (tertiary/aromatic N) is 2. The van der Waals surface area contributed by atoms with Gasteiger partial charge in [0.25, 0.3) is 0 Å². The van der Waals surface area contributed by atoms with Gasteiger partial charge in [-0.05, 0) is 25.5 Å². The molecule has 21 heavy (non-hydrogen) atoms. The summed E-state index contributed by atoms with van der Waals surface area (Å²) < 4.78 is 5.58. The number of fused-ring (bicyclic) bond motifs is 1. The van der Waals surface area contributed by atoms with Crippen LogP contribution in [0.2, 0.25) is 0 Å². The number of ether oxygens (including phenoxy) is 1. The van der Waals surface area contributed by atoms with E-state index in [0.29, 0.717) is 19.6 Å². The van der Waals surface area contributed by atoms with Crippen LogP contribution in [-0.4, -0.2) is 41.1 Å². The van der Waals surface area contributed by atoms with E-state index in [2.05, 4.69) is 4.98 Å². The Balaban J connectivity index is 1.83. The highest BCUT2D eigenvalue weighted by atomic mass is 16.5. The molecule has 4 heteroatoms. The highest BCUT2D eigenvalue weighted by Crippen LogP contribution is 2.19. The maximum atomic E-state index is 12.6. The van der Waals surface area contributed by atoms with Gasteiger partial charge in [-0.15, -0.1) is 0 Å². The molecule has 0 spiro atoms. The minimum atomic E-state index is 0.107. The number of para-hydroxylation sites is 1. The van der Waals surface area contributed by atoms with E-state index in [0.717, 1.165) is 16.5 Å². The average Bonchev–Trinajstić information content (AvgIpc) is 2.50. The average molecular weight is 284 g/mol. The number of morpholine rings is 1. The van der Waals surface area contributed by atoms with Gasteiger partial charge in [-0.3, -0.25) is 9.78 Å². The van der Waals surface area contributed by atoms with Crippen LogP contribution in [0, 0.1) is 0 Å². The van der Waals surface area contributed by atoms with Crippen molar-refractivity contribution in [2.24, 2.45) is 0 Å². The van der Waals surface area contributed by atoms with Gasteiger partial charge in [-0.2, -0.15) is 0 Å². The molecule has 0 radical (unpaired) electrons. The van der Waals surface area contributed by atoms with E-state index in [1.54, 1.807) is 6.20 Å². The number of aromatic nitrogens is 1. The largest absolute Gasteiger partial charge is 0.375 e. The van der Waals surface area contributed by atoms with Crippen LogP contribution in [-0.2, 0) is 16.0 Å². The van der Waals surface area contributed by atoms with Crippen LogP contribution < -0.4 is 0 Å². The molecule has 1 aromatic heterocycles. The third kappa shape index (κ3) is 2.90. The zero-order valence-electron chi connectivity index (χ0n) is 12.5. The van der Waals surface area contributed by atoms with Crippen molar-refractivity contribution in [1.82, 2.24) is 9.88 Å². The van der Waals surface area contributed by atoms with Crippen LogP contribution in [0.4, 0.5) is 0 Å². The lowest BCUT2D eigenvalue weighted by molar-refractivity contribution is -0.142. The summed E-state index contributed by atoms with van der Waals surface area (Å²) in [6, 6.07) is 10.1. The Hall–Kier alpha value is -1.94. The Labute approximate surface area is 124 Å². The summed E-state index contributed by atoms with van der Waals surface area (Å²) in [5.41, 5.74) is 1.91. The molecule has 0 unspecified atom stereocenters. The lowest BCUT2D eigenvalue weighted by Crippen LogP contribution is -2.50. The molecule has 2 heterocycles. The van der Waals surface area contributed by atoms with Crippen LogP contribution in [0.1, 0.15) is 19.4 Å². The monoisotopic (exact) mass is 284 g/mol. The van der Waals surface area contributed by atoms with Gasteiger partial charge in [0.1, 0.15) is 0 Å². The minimum Gasteiger partial charge on any atom is -0.375 e. The first-order valence-corrected chi connectivity index (χ1v) is 7.39. The second-order valence-electron chi connectivity index (χ2n) is 5.71. The minimum absolute atomic E-state index is 0.107. The molecular weight excluding hydrogens is 264 g/mol. The summed E-state index contributed by atoms with van der Waals surface area (Å²) in [5.74, 6) is 0.149. The van der Waals surface area contributed by atoms with Crippen molar-refractivity contribution in [1.29, 1.82) is 0 Å². The second kappa shape index (κ2) is 5.82. The molecule has 1 aliphatic heterocycles. The molecule has 2 atom stereocenters. The fraction of sp³-hybridized carbons (Fsp3) is 0.412. The van der Waals surface area contributed by atoms with Gasteiger partial charge in [0.2, 0.25) is 5.91 Å². The Morgan fingerprint density at radius 2 is 2.14 bits per heavy atom. The van der Waals surface area contributed by atoms with Gasteiger partial charge in [0, 0.05) is 18.1 Å². The first-order valence-electron chi connectivity index (χ1n) is 7.39. The van der Waals surface area contributed by atoms with Gasteiger partial charge in [-0.25, -0.2) is 0 Å². The number of hydrogen-bond donors (Lipinski definition) is 0. The Kier molecular flexibility index (Phi) is 3.88. The summed E-state index contributed by atoms with van der Waals surface area (Å²) in [5, 5.41) is 1.08. The molecule has 1 aliphatic rings. The van der Waals surface area contributed by atoms with Crippen molar-refractivity contribution in [3.63, 3.8) is 0 Å².